The summed E-state index contributed by atoms with van der Waals surface area (Å²) < 4.78 is 0. The van der Waals surface area contributed by atoms with Crippen molar-refractivity contribution in [2.45, 2.75) is 43.0 Å². The first-order valence-electron chi connectivity index (χ1n) is 8.77. The SMILES string of the molecule is O=C(c1cccs1)N1CC[C@@]2(Cl)CCCC[C@H]2[C@H]1c1ccccc1. The summed E-state index contributed by atoms with van der Waals surface area (Å²) in [5.41, 5.74) is 1.22. The second-order valence-electron chi connectivity index (χ2n) is 6.97. The van der Waals surface area contributed by atoms with Gasteiger partial charge in [0.05, 0.1) is 15.8 Å². The van der Waals surface area contributed by atoms with Crippen LogP contribution >= 0.6 is 22.9 Å². The van der Waals surface area contributed by atoms with E-state index in [1.54, 1.807) is 0 Å². The molecule has 4 rings (SSSR count). The van der Waals surface area contributed by atoms with Crippen molar-refractivity contribution in [1.29, 1.82) is 0 Å². The Morgan fingerprint density at radius 2 is 1.96 bits per heavy atom. The number of rotatable bonds is 2. The Hall–Kier alpha value is -1.32. The lowest BCUT2D eigenvalue weighted by molar-refractivity contribution is 0.0283. The molecule has 1 saturated carbocycles. The number of nitrogens with zero attached hydrogens (tertiary/aromatic N) is 1. The predicted octanol–water partition coefficient (Wildman–Crippen LogP) is 5.50. The third-order valence-corrected chi connectivity index (χ3v) is 7.16. The van der Waals surface area contributed by atoms with Gasteiger partial charge in [-0.2, -0.15) is 0 Å². The minimum absolute atomic E-state index is 0.0901. The fraction of sp³-hybridized carbons (Fsp3) is 0.450. The van der Waals surface area contributed by atoms with Crippen molar-refractivity contribution in [3.05, 3.63) is 58.3 Å². The maximum Gasteiger partial charge on any atom is 0.264 e. The van der Waals surface area contributed by atoms with Crippen molar-refractivity contribution in [3.8, 4) is 0 Å². The summed E-state index contributed by atoms with van der Waals surface area (Å²) in [6.45, 7) is 0.746. The highest BCUT2D eigenvalue weighted by atomic mass is 35.5. The van der Waals surface area contributed by atoms with Gasteiger partial charge in [-0.15, -0.1) is 22.9 Å². The number of fused-ring (bicyclic) bond motifs is 1. The van der Waals surface area contributed by atoms with Gasteiger partial charge < -0.3 is 4.90 Å². The zero-order valence-corrected chi connectivity index (χ0v) is 15.2. The van der Waals surface area contributed by atoms with E-state index in [0.29, 0.717) is 5.92 Å². The standard InChI is InChI=1S/C20H22ClNOS/c21-20-11-5-4-9-16(20)18(15-7-2-1-3-8-15)22(13-12-20)19(23)17-10-6-14-24-17/h1-3,6-8,10,14,16,18H,4-5,9,11-13H2/t16-,18+,20-/m0/s1. The number of piperidine rings is 1. The van der Waals surface area contributed by atoms with Crippen LogP contribution in [0.1, 0.15) is 53.4 Å². The maximum atomic E-state index is 13.1. The molecule has 1 aromatic carbocycles. The van der Waals surface area contributed by atoms with Gasteiger partial charge in [-0.3, -0.25) is 4.79 Å². The van der Waals surface area contributed by atoms with Crippen molar-refractivity contribution < 1.29 is 4.79 Å². The number of benzene rings is 1. The molecule has 2 nitrogen and oxygen atoms in total. The largest absolute Gasteiger partial charge is 0.330 e. The highest BCUT2D eigenvalue weighted by Crippen LogP contribution is 2.52. The van der Waals surface area contributed by atoms with Crippen LogP contribution in [0.5, 0.6) is 0 Å². The van der Waals surface area contributed by atoms with Crippen molar-refractivity contribution in [1.82, 2.24) is 4.90 Å². The molecular formula is C20H22ClNOS. The first kappa shape index (κ1) is 16.2. The number of carbonyl (C=O) groups is 1. The summed E-state index contributed by atoms with van der Waals surface area (Å²) in [7, 11) is 0. The number of amides is 1. The number of carbonyl (C=O) groups excluding carboxylic acids is 1. The molecule has 3 atom stereocenters. The normalized spacial score (nSPS) is 30.0. The highest BCUT2D eigenvalue weighted by molar-refractivity contribution is 7.12. The van der Waals surface area contributed by atoms with E-state index in [9.17, 15) is 4.79 Å². The lowest BCUT2D eigenvalue weighted by Crippen LogP contribution is -2.53. The molecule has 0 radical (unpaired) electrons. The Kier molecular flexibility index (Phi) is 4.40. The molecule has 0 unspecified atom stereocenters. The molecule has 4 heteroatoms. The molecule has 24 heavy (non-hydrogen) atoms. The third-order valence-electron chi connectivity index (χ3n) is 5.64. The van der Waals surface area contributed by atoms with Gasteiger partial charge in [0.2, 0.25) is 0 Å². The van der Waals surface area contributed by atoms with Gasteiger partial charge in [0.1, 0.15) is 0 Å². The number of halogens is 1. The smallest absolute Gasteiger partial charge is 0.264 e. The molecular weight excluding hydrogens is 338 g/mol. The van der Waals surface area contributed by atoms with Crippen molar-refractivity contribution in [2.24, 2.45) is 5.92 Å². The van der Waals surface area contributed by atoms with E-state index in [1.807, 2.05) is 23.6 Å². The Labute approximate surface area is 152 Å². The molecule has 1 aromatic heterocycles. The monoisotopic (exact) mass is 359 g/mol. The van der Waals surface area contributed by atoms with Crippen LogP contribution in [0.4, 0.5) is 0 Å². The highest BCUT2D eigenvalue weighted by Gasteiger charge is 2.50. The van der Waals surface area contributed by atoms with Gasteiger partial charge in [0, 0.05) is 12.5 Å². The second-order valence-corrected chi connectivity index (χ2v) is 8.67. The van der Waals surface area contributed by atoms with Gasteiger partial charge >= 0.3 is 0 Å². The van der Waals surface area contributed by atoms with Crippen LogP contribution in [0.25, 0.3) is 0 Å². The summed E-state index contributed by atoms with van der Waals surface area (Å²) >= 11 is 8.61. The number of likely N-dealkylation sites (tertiary alicyclic amines) is 1. The molecule has 2 aliphatic rings. The Morgan fingerprint density at radius 1 is 1.12 bits per heavy atom. The Balaban J connectivity index is 1.74. The fourth-order valence-corrected chi connectivity index (χ4v) is 5.60. The van der Waals surface area contributed by atoms with Gasteiger partial charge in [0.25, 0.3) is 5.91 Å². The quantitative estimate of drug-likeness (QED) is 0.648. The average molecular weight is 360 g/mol. The topological polar surface area (TPSA) is 20.3 Å². The summed E-state index contributed by atoms with van der Waals surface area (Å²) in [6, 6.07) is 14.4. The van der Waals surface area contributed by atoms with Crippen LogP contribution in [0, 0.1) is 5.92 Å². The number of alkyl halides is 1. The molecule has 2 heterocycles. The van der Waals surface area contributed by atoms with Gasteiger partial charge in [-0.1, -0.05) is 49.2 Å². The van der Waals surface area contributed by atoms with E-state index in [1.165, 1.54) is 29.7 Å². The van der Waals surface area contributed by atoms with Gasteiger partial charge in [0.15, 0.2) is 0 Å². The Bertz CT molecular complexity index is 702. The second kappa shape index (κ2) is 6.53. The molecule has 2 aromatic rings. The third kappa shape index (κ3) is 2.78. The van der Waals surface area contributed by atoms with E-state index in [2.05, 4.69) is 29.2 Å². The summed E-state index contributed by atoms with van der Waals surface area (Å²) in [4.78, 5) is 15.9. The summed E-state index contributed by atoms with van der Waals surface area (Å²) in [5.74, 6) is 0.496. The van der Waals surface area contributed by atoms with Crippen LogP contribution in [0.3, 0.4) is 0 Å². The van der Waals surface area contributed by atoms with Crippen LogP contribution in [-0.2, 0) is 0 Å². The summed E-state index contributed by atoms with van der Waals surface area (Å²) in [6.07, 6.45) is 5.50. The first-order valence-corrected chi connectivity index (χ1v) is 10.0. The molecule has 1 aliphatic carbocycles. The average Bonchev–Trinajstić information content (AvgIpc) is 3.15. The lowest BCUT2D eigenvalue weighted by Gasteiger charge is -2.52. The number of hydrogen-bond donors (Lipinski definition) is 0. The van der Waals surface area contributed by atoms with Crippen molar-refractivity contribution >= 4 is 28.8 Å². The molecule has 0 bridgehead atoms. The van der Waals surface area contributed by atoms with Gasteiger partial charge in [-0.05, 0) is 36.3 Å². The minimum Gasteiger partial charge on any atom is -0.330 e. The molecule has 0 spiro atoms. The molecule has 0 N–H and O–H groups in total. The fourth-order valence-electron chi connectivity index (χ4n) is 4.47. The number of hydrogen-bond acceptors (Lipinski definition) is 2. The van der Waals surface area contributed by atoms with Gasteiger partial charge in [-0.25, -0.2) is 0 Å². The van der Waals surface area contributed by atoms with Crippen LogP contribution < -0.4 is 0 Å². The Morgan fingerprint density at radius 3 is 2.71 bits per heavy atom. The molecule has 2 fully saturated rings. The molecule has 1 aliphatic heterocycles. The number of thiophene rings is 1. The van der Waals surface area contributed by atoms with E-state index >= 15 is 0 Å². The zero-order valence-electron chi connectivity index (χ0n) is 13.7. The van der Waals surface area contributed by atoms with E-state index in [0.717, 1.165) is 30.7 Å². The van der Waals surface area contributed by atoms with Crippen LogP contribution in [-0.4, -0.2) is 22.2 Å². The van der Waals surface area contributed by atoms with Crippen molar-refractivity contribution in [2.75, 3.05) is 6.54 Å². The lowest BCUT2D eigenvalue weighted by atomic mass is 9.68. The van der Waals surface area contributed by atoms with E-state index < -0.39 is 0 Å². The van der Waals surface area contributed by atoms with Crippen molar-refractivity contribution in [3.63, 3.8) is 0 Å². The predicted molar refractivity (Wildman–Crippen MR) is 99.7 cm³/mol. The zero-order chi connectivity index (χ0) is 16.6. The van der Waals surface area contributed by atoms with E-state index in [-0.39, 0.29) is 16.8 Å². The van der Waals surface area contributed by atoms with Crippen LogP contribution in [0.15, 0.2) is 47.8 Å². The van der Waals surface area contributed by atoms with E-state index in [4.69, 9.17) is 11.6 Å². The summed E-state index contributed by atoms with van der Waals surface area (Å²) in [5, 5.41) is 1.97. The maximum absolute atomic E-state index is 13.1. The molecule has 126 valence electrons. The van der Waals surface area contributed by atoms with Crippen LogP contribution in [0.2, 0.25) is 0 Å². The molecule has 1 saturated heterocycles. The minimum atomic E-state index is -0.148. The molecule has 1 amide bonds. The first-order chi connectivity index (χ1) is 11.7.